The molecule has 2 atom stereocenters. The predicted molar refractivity (Wildman–Crippen MR) is 64.6 cm³/mol. The number of hydrogen-bond acceptors (Lipinski definition) is 4. The van der Waals surface area contributed by atoms with Crippen LogP contribution in [0.25, 0.3) is 0 Å². The van der Waals surface area contributed by atoms with Gasteiger partial charge in [0.1, 0.15) is 0 Å². The number of hydrogen-bond donors (Lipinski definition) is 1. The second kappa shape index (κ2) is 5.36. The van der Waals surface area contributed by atoms with E-state index < -0.39 is 0 Å². The summed E-state index contributed by atoms with van der Waals surface area (Å²) in [4.78, 5) is 13.6. The lowest BCUT2D eigenvalue weighted by Crippen LogP contribution is -2.45. The zero-order valence-electron chi connectivity index (χ0n) is 10.7. The molecule has 0 unspecified atom stereocenters. The average Bonchev–Trinajstić information content (AvgIpc) is 3.05. The summed E-state index contributed by atoms with van der Waals surface area (Å²) in [6, 6.07) is 0. The highest BCUT2D eigenvalue weighted by Crippen LogP contribution is 2.53. The molecular formula is C13H23NO3. The number of aliphatic hydroxyl groups excluding tert-OH is 1. The minimum Gasteiger partial charge on any atom is -0.466 e. The molecule has 2 rings (SSSR count). The molecule has 1 saturated heterocycles. The van der Waals surface area contributed by atoms with Gasteiger partial charge < -0.3 is 9.84 Å². The van der Waals surface area contributed by atoms with Gasteiger partial charge in [-0.25, -0.2) is 0 Å². The van der Waals surface area contributed by atoms with Crippen LogP contribution in [0.3, 0.4) is 0 Å². The fourth-order valence-electron chi connectivity index (χ4n) is 3.15. The van der Waals surface area contributed by atoms with E-state index in [4.69, 9.17) is 4.74 Å². The van der Waals surface area contributed by atoms with Crippen molar-refractivity contribution in [1.29, 1.82) is 0 Å². The molecule has 0 amide bonds. The van der Waals surface area contributed by atoms with Crippen molar-refractivity contribution in [3.8, 4) is 0 Å². The minimum absolute atomic E-state index is 0.0763. The van der Waals surface area contributed by atoms with Crippen LogP contribution in [0.1, 0.15) is 39.0 Å². The van der Waals surface area contributed by atoms with Gasteiger partial charge in [-0.3, -0.25) is 9.69 Å². The second-order valence-electron chi connectivity index (χ2n) is 5.20. The number of rotatable bonds is 6. The Morgan fingerprint density at radius 1 is 1.59 bits per heavy atom. The average molecular weight is 241 g/mol. The largest absolute Gasteiger partial charge is 0.466 e. The molecular weight excluding hydrogens is 218 g/mol. The van der Waals surface area contributed by atoms with Crippen LogP contribution < -0.4 is 0 Å². The van der Waals surface area contributed by atoms with Crippen LogP contribution in [0, 0.1) is 5.92 Å². The number of carbonyl (C=O) groups excluding carboxylic acids is 1. The molecule has 1 heterocycles. The molecule has 0 aromatic heterocycles. The number of esters is 1. The molecule has 0 spiro atoms. The van der Waals surface area contributed by atoms with E-state index in [1.807, 2.05) is 6.92 Å². The van der Waals surface area contributed by atoms with Crippen LogP contribution >= 0.6 is 0 Å². The number of nitrogens with zero attached hydrogens (tertiary/aromatic N) is 1. The first-order chi connectivity index (χ1) is 8.23. The first-order valence-electron chi connectivity index (χ1n) is 6.74. The molecule has 4 heteroatoms. The summed E-state index contributed by atoms with van der Waals surface area (Å²) in [6.45, 7) is 4.55. The van der Waals surface area contributed by atoms with Crippen molar-refractivity contribution in [3.05, 3.63) is 0 Å². The number of likely N-dealkylation sites (tertiary alicyclic amines) is 1. The van der Waals surface area contributed by atoms with Gasteiger partial charge in [-0.2, -0.15) is 0 Å². The monoisotopic (exact) mass is 241 g/mol. The Balaban J connectivity index is 1.73. The van der Waals surface area contributed by atoms with Gasteiger partial charge in [0.25, 0.3) is 0 Å². The van der Waals surface area contributed by atoms with Gasteiger partial charge in [-0.05, 0) is 51.6 Å². The van der Waals surface area contributed by atoms with Crippen LogP contribution in [0.5, 0.6) is 0 Å². The Labute approximate surface area is 103 Å². The van der Waals surface area contributed by atoms with Crippen LogP contribution in [0.4, 0.5) is 0 Å². The van der Waals surface area contributed by atoms with Crippen molar-refractivity contribution in [3.63, 3.8) is 0 Å². The second-order valence-corrected chi connectivity index (χ2v) is 5.20. The van der Waals surface area contributed by atoms with Crippen LogP contribution in [0.2, 0.25) is 0 Å². The number of piperidine rings is 1. The Morgan fingerprint density at radius 2 is 2.41 bits per heavy atom. The lowest BCUT2D eigenvalue weighted by Gasteiger charge is -2.35. The Bertz CT molecular complexity index is 282. The summed E-state index contributed by atoms with van der Waals surface area (Å²) in [6.07, 6.45) is 4.97. The van der Waals surface area contributed by atoms with E-state index in [2.05, 4.69) is 4.90 Å². The smallest absolute Gasteiger partial charge is 0.305 e. The van der Waals surface area contributed by atoms with Crippen molar-refractivity contribution >= 4 is 5.97 Å². The van der Waals surface area contributed by atoms with Gasteiger partial charge in [-0.1, -0.05) is 0 Å². The summed E-state index contributed by atoms with van der Waals surface area (Å²) in [5, 5.41) is 9.52. The summed E-state index contributed by atoms with van der Waals surface area (Å²) in [5.74, 6) is 0.596. The molecule has 1 N–H and O–H groups in total. The Morgan fingerprint density at radius 3 is 3.12 bits per heavy atom. The summed E-state index contributed by atoms with van der Waals surface area (Å²) >= 11 is 0. The summed E-state index contributed by atoms with van der Waals surface area (Å²) < 4.78 is 4.91. The zero-order valence-corrected chi connectivity index (χ0v) is 10.7. The highest BCUT2D eigenvalue weighted by atomic mass is 16.5. The first-order valence-corrected chi connectivity index (χ1v) is 6.74. The molecule has 0 bridgehead atoms. The highest BCUT2D eigenvalue weighted by Gasteiger charge is 2.58. The predicted octanol–water partition coefficient (Wildman–Crippen LogP) is 1.18. The van der Waals surface area contributed by atoms with E-state index in [-0.39, 0.29) is 18.1 Å². The van der Waals surface area contributed by atoms with Gasteiger partial charge in [0.05, 0.1) is 13.2 Å². The van der Waals surface area contributed by atoms with E-state index in [9.17, 15) is 9.90 Å². The van der Waals surface area contributed by atoms with Crippen molar-refractivity contribution in [2.75, 3.05) is 26.3 Å². The van der Waals surface area contributed by atoms with Crippen LogP contribution in [-0.2, 0) is 9.53 Å². The molecule has 17 heavy (non-hydrogen) atoms. The maximum atomic E-state index is 11.2. The van der Waals surface area contributed by atoms with Crippen molar-refractivity contribution in [2.24, 2.45) is 5.92 Å². The third-order valence-electron chi connectivity index (χ3n) is 4.20. The zero-order chi connectivity index (χ0) is 12.3. The third kappa shape index (κ3) is 2.63. The van der Waals surface area contributed by atoms with Crippen molar-refractivity contribution < 1.29 is 14.6 Å². The van der Waals surface area contributed by atoms with E-state index in [0.717, 1.165) is 25.9 Å². The Kier molecular flexibility index (Phi) is 4.05. The molecule has 0 radical (unpaired) electrons. The molecule has 4 nitrogen and oxygen atoms in total. The van der Waals surface area contributed by atoms with Crippen LogP contribution in [-0.4, -0.2) is 47.8 Å². The molecule has 1 aliphatic carbocycles. The quantitative estimate of drug-likeness (QED) is 0.709. The van der Waals surface area contributed by atoms with E-state index in [0.29, 0.717) is 18.9 Å². The molecule has 2 fully saturated rings. The maximum Gasteiger partial charge on any atom is 0.305 e. The number of carbonyl (C=O) groups is 1. The standard InChI is InChI=1S/C13H23NO3/c1-2-17-12(16)6-4-8-14-7-3-5-11-9-13(11,14)10-15/h11,15H,2-10H2,1H3/t11-,13-/m1/s1. The van der Waals surface area contributed by atoms with Crippen molar-refractivity contribution in [2.45, 2.75) is 44.6 Å². The topological polar surface area (TPSA) is 49.8 Å². The normalized spacial score (nSPS) is 32.0. The lowest BCUT2D eigenvalue weighted by atomic mass is 10.0. The summed E-state index contributed by atoms with van der Waals surface area (Å²) in [7, 11) is 0. The lowest BCUT2D eigenvalue weighted by molar-refractivity contribution is -0.143. The summed E-state index contributed by atoms with van der Waals surface area (Å²) in [5.41, 5.74) is 0.0763. The van der Waals surface area contributed by atoms with Crippen molar-refractivity contribution in [1.82, 2.24) is 4.90 Å². The number of aliphatic hydroxyl groups is 1. The van der Waals surface area contributed by atoms with E-state index in [1.54, 1.807) is 0 Å². The molecule has 2 aliphatic rings. The first kappa shape index (κ1) is 12.8. The molecule has 0 aromatic rings. The fourth-order valence-corrected chi connectivity index (χ4v) is 3.15. The number of ether oxygens (including phenoxy) is 1. The van der Waals surface area contributed by atoms with Gasteiger partial charge in [0.15, 0.2) is 0 Å². The van der Waals surface area contributed by atoms with Gasteiger partial charge >= 0.3 is 5.97 Å². The van der Waals surface area contributed by atoms with Gasteiger partial charge in [0.2, 0.25) is 0 Å². The van der Waals surface area contributed by atoms with Gasteiger partial charge in [0, 0.05) is 12.0 Å². The molecule has 1 aliphatic heterocycles. The SMILES string of the molecule is CCOC(=O)CCCN1CCC[C@@H]2C[C@@]21CO. The third-order valence-corrected chi connectivity index (χ3v) is 4.20. The van der Waals surface area contributed by atoms with Crippen LogP contribution in [0.15, 0.2) is 0 Å². The maximum absolute atomic E-state index is 11.2. The highest BCUT2D eigenvalue weighted by molar-refractivity contribution is 5.69. The van der Waals surface area contributed by atoms with E-state index in [1.165, 1.54) is 12.8 Å². The molecule has 0 aromatic carbocycles. The molecule has 1 saturated carbocycles. The fraction of sp³-hybridized carbons (Fsp3) is 0.923. The number of fused-ring (bicyclic) bond motifs is 1. The minimum atomic E-state index is -0.102. The molecule has 98 valence electrons. The Hall–Kier alpha value is -0.610. The van der Waals surface area contributed by atoms with E-state index >= 15 is 0 Å². The van der Waals surface area contributed by atoms with Gasteiger partial charge in [-0.15, -0.1) is 0 Å².